The van der Waals surface area contributed by atoms with Crippen LogP contribution in [0.4, 0.5) is 0 Å². The highest BCUT2D eigenvalue weighted by atomic mass is 35.5. The molecule has 156 valence electrons. The third-order valence-corrected chi connectivity index (χ3v) is 5.71. The molecule has 2 aliphatic heterocycles. The Morgan fingerprint density at radius 3 is 2.79 bits per heavy atom. The van der Waals surface area contributed by atoms with E-state index in [4.69, 9.17) is 16.3 Å². The van der Waals surface area contributed by atoms with Crippen LogP contribution in [0.1, 0.15) is 18.4 Å². The molecule has 0 bridgehead atoms. The Kier molecular flexibility index (Phi) is 5.94. The van der Waals surface area contributed by atoms with Crippen molar-refractivity contribution in [2.24, 2.45) is 5.10 Å². The SMILES string of the molecule is CN1CCN(CCCn2c(O)cn(/N=C3\CCOc4ccc(Cl)cc43)c2=O)CC1. The Bertz CT molecular complexity index is 960. The smallest absolute Gasteiger partial charge is 0.351 e. The lowest BCUT2D eigenvalue weighted by atomic mass is 10.0. The zero-order valence-electron chi connectivity index (χ0n) is 16.6. The Balaban J connectivity index is 1.47. The quantitative estimate of drug-likeness (QED) is 0.798. The molecule has 9 heteroatoms. The number of rotatable bonds is 5. The third kappa shape index (κ3) is 4.49. The van der Waals surface area contributed by atoms with Crippen molar-refractivity contribution < 1.29 is 9.84 Å². The van der Waals surface area contributed by atoms with Gasteiger partial charge in [0.05, 0.1) is 18.5 Å². The number of fused-ring (bicyclic) bond motifs is 1. The molecule has 2 aromatic rings. The Labute approximate surface area is 174 Å². The number of hydrogen-bond acceptors (Lipinski definition) is 6. The summed E-state index contributed by atoms with van der Waals surface area (Å²) in [5.74, 6) is 0.624. The second-order valence-corrected chi connectivity index (χ2v) is 7.99. The van der Waals surface area contributed by atoms with Crippen molar-refractivity contribution in [2.75, 3.05) is 46.4 Å². The molecule has 3 heterocycles. The van der Waals surface area contributed by atoms with Gasteiger partial charge in [-0.1, -0.05) is 11.6 Å². The topological polar surface area (TPSA) is 75.2 Å². The van der Waals surface area contributed by atoms with Gasteiger partial charge in [-0.2, -0.15) is 9.78 Å². The van der Waals surface area contributed by atoms with E-state index in [9.17, 15) is 9.90 Å². The number of likely N-dealkylation sites (N-methyl/N-ethyl adjacent to an activating group) is 1. The van der Waals surface area contributed by atoms with Gasteiger partial charge in [-0.3, -0.25) is 4.57 Å². The van der Waals surface area contributed by atoms with Gasteiger partial charge < -0.3 is 19.6 Å². The molecule has 0 radical (unpaired) electrons. The van der Waals surface area contributed by atoms with Crippen LogP contribution in [0, 0.1) is 0 Å². The first-order valence-electron chi connectivity index (χ1n) is 9.94. The van der Waals surface area contributed by atoms with Crippen LogP contribution in [0.25, 0.3) is 0 Å². The van der Waals surface area contributed by atoms with E-state index < -0.39 is 0 Å². The molecule has 4 rings (SSSR count). The number of ether oxygens (including phenoxy) is 1. The molecular weight excluding hydrogens is 394 g/mol. The molecule has 1 saturated heterocycles. The molecule has 1 aromatic carbocycles. The van der Waals surface area contributed by atoms with Gasteiger partial charge in [0, 0.05) is 49.7 Å². The van der Waals surface area contributed by atoms with Gasteiger partial charge in [0.25, 0.3) is 0 Å². The van der Waals surface area contributed by atoms with E-state index in [0.717, 1.165) is 44.7 Å². The van der Waals surface area contributed by atoms with Gasteiger partial charge in [0.15, 0.2) is 0 Å². The monoisotopic (exact) mass is 419 g/mol. The number of imidazole rings is 1. The normalized spacial score (nSPS) is 19.3. The fraction of sp³-hybridized carbons (Fsp3) is 0.500. The summed E-state index contributed by atoms with van der Waals surface area (Å²) in [6.07, 6.45) is 2.73. The highest BCUT2D eigenvalue weighted by Crippen LogP contribution is 2.28. The first kappa shape index (κ1) is 20.0. The largest absolute Gasteiger partial charge is 0.493 e. The fourth-order valence-corrected chi connectivity index (χ4v) is 3.91. The van der Waals surface area contributed by atoms with E-state index in [0.29, 0.717) is 36.1 Å². The van der Waals surface area contributed by atoms with Crippen LogP contribution in [0.3, 0.4) is 0 Å². The van der Waals surface area contributed by atoms with Crippen molar-refractivity contribution in [3.63, 3.8) is 0 Å². The van der Waals surface area contributed by atoms with Crippen molar-refractivity contribution >= 4 is 17.3 Å². The molecule has 0 spiro atoms. The first-order chi connectivity index (χ1) is 14.0. The van der Waals surface area contributed by atoms with Crippen LogP contribution in [-0.4, -0.2) is 76.2 Å². The standard InChI is InChI=1S/C20H26ClN5O3/c1-23-8-10-24(11-9-23)6-2-7-25-19(27)14-26(20(25)28)22-17-5-12-29-18-4-3-15(21)13-16(17)18/h3-4,13-14,27H,2,5-12H2,1H3/b22-17+. The van der Waals surface area contributed by atoms with Crippen LogP contribution in [0.2, 0.25) is 5.02 Å². The Morgan fingerprint density at radius 1 is 1.21 bits per heavy atom. The number of aromatic hydroxyl groups is 1. The minimum Gasteiger partial charge on any atom is -0.493 e. The summed E-state index contributed by atoms with van der Waals surface area (Å²) in [4.78, 5) is 17.5. The molecule has 1 fully saturated rings. The van der Waals surface area contributed by atoms with Crippen molar-refractivity contribution in [3.8, 4) is 11.6 Å². The summed E-state index contributed by atoms with van der Waals surface area (Å²) < 4.78 is 8.21. The second-order valence-electron chi connectivity index (χ2n) is 7.55. The minimum absolute atomic E-state index is 0.0731. The molecule has 8 nitrogen and oxygen atoms in total. The van der Waals surface area contributed by atoms with Gasteiger partial charge in [0.2, 0.25) is 5.88 Å². The van der Waals surface area contributed by atoms with E-state index in [2.05, 4.69) is 21.9 Å². The van der Waals surface area contributed by atoms with Gasteiger partial charge in [-0.15, -0.1) is 0 Å². The molecule has 0 saturated carbocycles. The maximum Gasteiger partial charge on any atom is 0.351 e. The molecule has 0 aliphatic carbocycles. The first-order valence-corrected chi connectivity index (χ1v) is 10.3. The minimum atomic E-state index is -0.344. The van der Waals surface area contributed by atoms with Crippen molar-refractivity contribution in [3.05, 3.63) is 45.5 Å². The van der Waals surface area contributed by atoms with Gasteiger partial charge in [-0.25, -0.2) is 4.79 Å². The van der Waals surface area contributed by atoms with E-state index in [-0.39, 0.29) is 11.6 Å². The third-order valence-electron chi connectivity index (χ3n) is 5.47. The molecular formula is C20H26ClN5O3. The average molecular weight is 420 g/mol. The summed E-state index contributed by atoms with van der Waals surface area (Å²) in [6, 6.07) is 5.35. The van der Waals surface area contributed by atoms with Crippen molar-refractivity contribution in [1.82, 2.24) is 19.0 Å². The van der Waals surface area contributed by atoms with Gasteiger partial charge in [-0.05, 0) is 38.2 Å². The molecule has 0 atom stereocenters. The number of halogens is 1. The molecule has 2 aliphatic rings. The number of piperazine rings is 1. The zero-order chi connectivity index (χ0) is 20.4. The summed E-state index contributed by atoms with van der Waals surface area (Å²) in [5.41, 5.74) is 1.15. The van der Waals surface area contributed by atoms with E-state index in [1.54, 1.807) is 18.2 Å². The van der Waals surface area contributed by atoms with Crippen molar-refractivity contribution in [1.29, 1.82) is 0 Å². The maximum atomic E-state index is 12.7. The molecule has 0 amide bonds. The van der Waals surface area contributed by atoms with Gasteiger partial charge in [0.1, 0.15) is 5.75 Å². The molecule has 29 heavy (non-hydrogen) atoms. The predicted octanol–water partition coefficient (Wildman–Crippen LogP) is 1.68. The second kappa shape index (κ2) is 8.61. The predicted molar refractivity (Wildman–Crippen MR) is 112 cm³/mol. The van der Waals surface area contributed by atoms with Crippen LogP contribution < -0.4 is 10.4 Å². The van der Waals surface area contributed by atoms with Gasteiger partial charge >= 0.3 is 5.69 Å². The van der Waals surface area contributed by atoms with Crippen LogP contribution >= 0.6 is 11.6 Å². The summed E-state index contributed by atoms with van der Waals surface area (Å²) in [6.45, 7) is 6.05. The van der Waals surface area contributed by atoms with E-state index in [1.165, 1.54) is 15.4 Å². The number of benzene rings is 1. The average Bonchev–Trinajstić information content (AvgIpc) is 2.97. The number of nitrogens with zero attached hydrogens (tertiary/aromatic N) is 5. The maximum absolute atomic E-state index is 12.7. The van der Waals surface area contributed by atoms with Crippen molar-refractivity contribution in [2.45, 2.75) is 19.4 Å². The highest BCUT2D eigenvalue weighted by Gasteiger charge is 2.19. The molecule has 1 aromatic heterocycles. The molecule has 1 N–H and O–H groups in total. The van der Waals surface area contributed by atoms with Crippen LogP contribution in [0.15, 0.2) is 34.3 Å². The number of hydrogen-bond donors (Lipinski definition) is 1. The lowest BCUT2D eigenvalue weighted by Crippen LogP contribution is -2.44. The molecule has 0 unspecified atom stereocenters. The van der Waals surface area contributed by atoms with Crippen LogP contribution in [-0.2, 0) is 6.54 Å². The highest BCUT2D eigenvalue weighted by molar-refractivity contribution is 6.31. The lowest BCUT2D eigenvalue weighted by molar-refractivity contribution is 0.151. The fourth-order valence-electron chi connectivity index (χ4n) is 3.74. The van der Waals surface area contributed by atoms with E-state index >= 15 is 0 Å². The Morgan fingerprint density at radius 2 is 2.00 bits per heavy atom. The number of aromatic nitrogens is 2. The zero-order valence-corrected chi connectivity index (χ0v) is 17.3. The summed E-state index contributed by atoms with van der Waals surface area (Å²) in [7, 11) is 2.13. The van der Waals surface area contributed by atoms with Crippen LogP contribution in [0.5, 0.6) is 11.6 Å². The Hall–Kier alpha value is -2.29. The summed E-state index contributed by atoms with van der Waals surface area (Å²) in [5, 5.41) is 15.3. The lowest BCUT2D eigenvalue weighted by Gasteiger charge is -2.32. The van der Waals surface area contributed by atoms with E-state index in [1.807, 2.05) is 0 Å². The summed E-state index contributed by atoms with van der Waals surface area (Å²) >= 11 is 6.10.